The van der Waals surface area contributed by atoms with Gasteiger partial charge in [-0.15, -0.1) is 11.8 Å². The Labute approximate surface area is 204 Å². The van der Waals surface area contributed by atoms with Crippen molar-refractivity contribution in [2.24, 2.45) is 0 Å². The minimum Gasteiger partial charge on any atom is -0.497 e. The molecule has 0 heterocycles. The van der Waals surface area contributed by atoms with Gasteiger partial charge in [-0.3, -0.25) is 9.59 Å². The van der Waals surface area contributed by atoms with Crippen molar-refractivity contribution in [1.82, 2.24) is 10.2 Å². The molecular formula is C25H33BrN2O3S. The Bertz CT molecular complexity index is 876. The second-order valence-electron chi connectivity index (χ2n) is 7.73. The van der Waals surface area contributed by atoms with Crippen molar-refractivity contribution in [3.8, 4) is 5.75 Å². The minimum atomic E-state index is -0.518. The van der Waals surface area contributed by atoms with Gasteiger partial charge in [-0.2, -0.15) is 0 Å². The van der Waals surface area contributed by atoms with Gasteiger partial charge in [-0.05, 0) is 55.2 Å². The molecule has 0 aromatic heterocycles. The number of hydrogen-bond donors (Lipinski definition) is 1. The summed E-state index contributed by atoms with van der Waals surface area (Å²) in [4.78, 5) is 28.0. The monoisotopic (exact) mass is 520 g/mol. The zero-order chi connectivity index (χ0) is 23.5. The highest BCUT2D eigenvalue weighted by atomic mass is 79.9. The van der Waals surface area contributed by atoms with E-state index in [-0.39, 0.29) is 17.9 Å². The third kappa shape index (κ3) is 8.17. The summed E-state index contributed by atoms with van der Waals surface area (Å²) in [5, 5.41) is 3.04. The lowest BCUT2D eigenvalue weighted by Crippen LogP contribution is -2.51. The van der Waals surface area contributed by atoms with Crippen LogP contribution in [0.3, 0.4) is 0 Å². The van der Waals surface area contributed by atoms with Crippen molar-refractivity contribution in [2.45, 2.75) is 58.0 Å². The highest BCUT2D eigenvalue weighted by Crippen LogP contribution is 2.20. The number of rotatable bonds is 12. The lowest BCUT2D eigenvalue weighted by atomic mass is 10.1. The molecule has 7 heteroatoms. The van der Waals surface area contributed by atoms with Gasteiger partial charge in [0.25, 0.3) is 0 Å². The molecule has 2 aromatic rings. The first kappa shape index (κ1) is 26.3. The van der Waals surface area contributed by atoms with Crippen LogP contribution < -0.4 is 10.1 Å². The van der Waals surface area contributed by atoms with Gasteiger partial charge < -0.3 is 15.0 Å². The van der Waals surface area contributed by atoms with Crippen molar-refractivity contribution >= 4 is 39.5 Å². The third-order valence-electron chi connectivity index (χ3n) is 5.28. The molecule has 32 heavy (non-hydrogen) atoms. The molecule has 2 rings (SSSR count). The van der Waals surface area contributed by atoms with Crippen LogP contribution in [0.4, 0.5) is 0 Å². The van der Waals surface area contributed by atoms with Crippen LogP contribution >= 0.6 is 27.7 Å². The standard InChI is InChI=1S/C25H33BrN2O3S/c1-5-18(3)27-25(30)23(6-2)28(15-20-8-7-9-22(14-20)31-4)24(29)17-32-16-19-10-12-21(26)13-11-19/h7-14,18,23H,5-6,15-17H2,1-4H3,(H,27,30)/t18-,23+/m0/s1. The molecule has 0 radical (unpaired) electrons. The van der Waals surface area contributed by atoms with Gasteiger partial charge in [0.1, 0.15) is 11.8 Å². The summed E-state index contributed by atoms with van der Waals surface area (Å²) in [5.41, 5.74) is 2.09. The van der Waals surface area contributed by atoms with Gasteiger partial charge in [0.2, 0.25) is 11.8 Å². The van der Waals surface area contributed by atoms with Crippen LogP contribution in [0, 0.1) is 0 Å². The van der Waals surface area contributed by atoms with E-state index < -0.39 is 6.04 Å². The molecule has 0 aliphatic heterocycles. The summed E-state index contributed by atoms with van der Waals surface area (Å²) in [6.45, 7) is 6.32. The van der Waals surface area contributed by atoms with E-state index >= 15 is 0 Å². The van der Waals surface area contributed by atoms with Gasteiger partial charge in [-0.1, -0.05) is 54.0 Å². The summed E-state index contributed by atoms with van der Waals surface area (Å²) in [6, 6.07) is 15.3. The van der Waals surface area contributed by atoms with E-state index in [4.69, 9.17) is 4.74 Å². The Morgan fingerprint density at radius 1 is 1.09 bits per heavy atom. The van der Waals surface area contributed by atoms with E-state index in [0.29, 0.717) is 18.7 Å². The van der Waals surface area contributed by atoms with Crippen LogP contribution in [0.15, 0.2) is 53.0 Å². The molecule has 0 spiro atoms. The van der Waals surface area contributed by atoms with Crippen molar-refractivity contribution in [3.05, 3.63) is 64.1 Å². The Kier molecular flexibility index (Phi) is 11.1. The maximum atomic E-state index is 13.3. The summed E-state index contributed by atoms with van der Waals surface area (Å²) < 4.78 is 6.36. The number of methoxy groups -OCH3 is 1. The number of hydrogen-bond acceptors (Lipinski definition) is 4. The summed E-state index contributed by atoms with van der Waals surface area (Å²) in [7, 11) is 1.62. The Balaban J connectivity index is 2.15. The lowest BCUT2D eigenvalue weighted by Gasteiger charge is -2.31. The van der Waals surface area contributed by atoms with E-state index in [2.05, 4.69) is 21.2 Å². The zero-order valence-electron chi connectivity index (χ0n) is 19.3. The van der Waals surface area contributed by atoms with Gasteiger partial charge in [0.05, 0.1) is 12.9 Å². The number of halogens is 1. The van der Waals surface area contributed by atoms with E-state index in [1.54, 1.807) is 23.8 Å². The number of ether oxygens (including phenoxy) is 1. The summed E-state index contributed by atoms with van der Waals surface area (Å²) >= 11 is 5.00. The molecule has 0 unspecified atom stereocenters. The molecule has 0 bridgehead atoms. The van der Waals surface area contributed by atoms with Crippen molar-refractivity contribution in [1.29, 1.82) is 0 Å². The van der Waals surface area contributed by atoms with E-state index in [1.807, 2.05) is 69.3 Å². The molecule has 2 amide bonds. The number of nitrogens with zero attached hydrogens (tertiary/aromatic N) is 1. The quantitative estimate of drug-likeness (QED) is 0.406. The normalized spacial score (nSPS) is 12.7. The fraction of sp³-hybridized carbons (Fsp3) is 0.440. The molecule has 174 valence electrons. The topological polar surface area (TPSA) is 58.6 Å². The number of benzene rings is 2. The number of amides is 2. The SMILES string of the molecule is CC[C@H](C(=O)N[C@@H](C)CC)N(Cc1cccc(OC)c1)C(=O)CSCc1ccc(Br)cc1. The largest absolute Gasteiger partial charge is 0.497 e. The van der Waals surface area contributed by atoms with E-state index in [9.17, 15) is 9.59 Å². The lowest BCUT2D eigenvalue weighted by molar-refractivity contribution is -0.139. The molecule has 0 aliphatic carbocycles. The molecule has 0 fully saturated rings. The van der Waals surface area contributed by atoms with Gasteiger partial charge in [0, 0.05) is 22.8 Å². The van der Waals surface area contributed by atoms with Gasteiger partial charge in [0.15, 0.2) is 0 Å². The van der Waals surface area contributed by atoms with E-state index in [1.165, 1.54) is 0 Å². The summed E-state index contributed by atoms with van der Waals surface area (Å²) in [5.74, 6) is 1.64. The predicted octanol–water partition coefficient (Wildman–Crippen LogP) is 5.41. The van der Waals surface area contributed by atoms with Crippen LogP contribution in [-0.4, -0.2) is 41.7 Å². The first-order chi connectivity index (χ1) is 15.4. The van der Waals surface area contributed by atoms with Gasteiger partial charge >= 0.3 is 0 Å². The van der Waals surface area contributed by atoms with E-state index in [0.717, 1.165) is 33.5 Å². The van der Waals surface area contributed by atoms with Crippen molar-refractivity contribution < 1.29 is 14.3 Å². The van der Waals surface area contributed by atoms with Crippen LogP contribution in [0.5, 0.6) is 5.75 Å². The fourth-order valence-electron chi connectivity index (χ4n) is 3.25. The van der Waals surface area contributed by atoms with Gasteiger partial charge in [-0.25, -0.2) is 0 Å². The smallest absolute Gasteiger partial charge is 0.243 e. The molecule has 0 aliphatic rings. The van der Waals surface area contributed by atoms with Crippen LogP contribution in [0.2, 0.25) is 0 Å². The van der Waals surface area contributed by atoms with Crippen molar-refractivity contribution in [2.75, 3.05) is 12.9 Å². The number of thioether (sulfide) groups is 1. The maximum absolute atomic E-state index is 13.3. The number of carbonyl (C=O) groups excluding carboxylic acids is 2. The highest BCUT2D eigenvalue weighted by Gasteiger charge is 2.29. The van der Waals surface area contributed by atoms with Crippen LogP contribution in [0.25, 0.3) is 0 Å². The molecular weight excluding hydrogens is 488 g/mol. The fourth-order valence-corrected chi connectivity index (χ4v) is 4.38. The first-order valence-electron chi connectivity index (χ1n) is 10.9. The summed E-state index contributed by atoms with van der Waals surface area (Å²) in [6.07, 6.45) is 1.39. The molecule has 2 atom stereocenters. The Hall–Kier alpha value is -1.99. The Morgan fingerprint density at radius 3 is 2.44 bits per heavy atom. The molecule has 5 nitrogen and oxygen atoms in total. The molecule has 2 aromatic carbocycles. The predicted molar refractivity (Wildman–Crippen MR) is 136 cm³/mol. The van der Waals surface area contributed by atoms with Crippen LogP contribution in [0.1, 0.15) is 44.7 Å². The minimum absolute atomic E-state index is 0.0407. The molecule has 1 N–H and O–H groups in total. The Morgan fingerprint density at radius 2 is 1.81 bits per heavy atom. The molecule has 0 saturated heterocycles. The first-order valence-corrected chi connectivity index (χ1v) is 12.9. The zero-order valence-corrected chi connectivity index (χ0v) is 21.7. The maximum Gasteiger partial charge on any atom is 0.243 e. The van der Waals surface area contributed by atoms with Crippen LogP contribution in [-0.2, 0) is 21.9 Å². The molecule has 0 saturated carbocycles. The average Bonchev–Trinajstić information content (AvgIpc) is 2.80. The number of carbonyl (C=O) groups is 2. The van der Waals surface area contributed by atoms with Crippen molar-refractivity contribution in [3.63, 3.8) is 0 Å². The second-order valence-corrected chi connectivity index (χ2v) is 9.64. The highest BCUT2D eigenvalue weighted by molar-refractivity contribution is 9.10. The second kappa shape index (κ2) is 13.5. The third-order valence-corrected chi connectivity index (χ3v) is 6.80. The number of nitrogens with one attached hydrogen (secondary N) is 1. The average molecular weight is 522 g/mol.